The lowest BCUT2D eigenvalue weighted by molar-refractivity contribution is 0.0765. The van der Waals surface area contributed by atoms with Crippen LogP contribution >= 0.6 is 0 Å². The molecule has 8 aromatic carbocycles. The monoisotopic (exact) mass is 1930 g/mol. The highest BCUT2D eigenvalue weighted by molar-refractivity contribution is 5.96. The van der Waals surface area contributed by atoms with Crippen LogP contribution in [0.4, 0.5) is 0 Å². The van der Waals surface area contributed by atoms with Gasteiger partial charge in [0.2, 0.25) is 0 Å². The molecule has 22 heteroatoms. The molecule has 8 aromatic rings. The summed E-state index contributed by atoms with van der Waals surface area (Å²) >= 11 is 0. The lowest BCUT2D eigenvalue weighted by Gasteiger charge is -2.41. The Morgan fingerprint density at radius 2 is 0.577 bits per heavy atom. The van der Waals surface area contributed by atoms with Crippen molar-refractivity contribution in [1.29, 1.82) is 0 Å². The number of carbonyl (C=O) groups excluding carboxylic acids is 4. The Bertz CT molecular complexity index is 5350. The smallest absolute Gasteiger partial charge is 0.265 e. The molecule has 142 heavy (non-hydrogen) atoms. The maximum atomic E-state index is 13.0. The number of nitrogens with one attached hydrogen (secondary N) is 2. The molecular formula is C120H162N14O8. The number of methoxy groups -OCH3 is 2. The summed E-state index contributed by atoms with van der Waals surface area (Å²) in [6.45, 7) is 42.7. The molecule has 12 atom stereocenters. The van der Waals surface area contributed by atoms with Gasteiger partial charge >= 0.3 is 0 Å². The summed E-state index contributed by atoms with van der Waals surface area (Å²) in [6.07, 6.45) is 34.9. The standard InChI is InChI=1S/C31H42N4O2.C30H40N4O2.C30H41N3O2.C29H39N3O2/c1-3-18-35-27-15-16-28(35)23-33(21-17-27)30(26-9-8-10-29(22-26)37-2)24-11-13-25(14-12-24)31(36)32-34-19-6-4-5-7-20-34;1-2-17-34-26-14-15-27(34)22-32(20-16-26)29(25-8-7-9-28(35)21-25)23-10-12-24(13-11-23)30(36)31-33-18-5-3-4-6-19-33;1-5-19-33-26-11-9-12-27(33)22-32(20-18-26)29(25-10-8-13-28(21-25)35-4)23-14-16-24(17-15-23)30(34)31(6-2)7-3;1-4-18-32-25-10-8-11-26(32)21-31(19-17-25)28(24-9-7-12-27(33)20-24)22-13-15-23(16-14-22)29(34)30(5-2)6-3/h3,8-14,22,27-28,30H,1,4-7,15-21,23H2,2H3,(H,32,36);2,7-13,21,26-27,29,35H,1,3-6,14-20,22H2,(H,31,36);5,8,10,13-17,21,26-27,29H,1,6-7,9,11-12,18-20,22H2,2-4H3;4,7,9,12-16,20,25-26,28,33H,1,5-6,8,10-11,17-19,21H2,2-3H3. The van der Waals surface area contributed by atoms with Crippen LogP contribution in [0, 0.1) is 0 Å². The van der Waals surface area contributed by atoms with E-state index in [2.05, 4.69) is 196 Å². The molecule has 0 radical (unpaired) electrons. The van der Waals surface area contributed by atoms with Crippen molar-refractivity contribution in [1.82, 2.24) is 69.9 Å². The minimum absolute atomic E-state index is 0.0153. The number of rotatable bonds is 32. The molecule has 10 aliphatic heterocycles. The number of benzene rings is 8. The number of hydrogen-bond acceptors (Lipinski definition) is 18. The summed E-state index contributed by atoms with van der Waals surface area (Å²) < 4.78 is 11.2. The third-order valence-electron chi connectivity index (χ3n) is 32.1. The number of nitrogens with zero attached hydrogens (tertiary/aromatic N) is 12. The van der Waals surface area contributed by atoms with Crippen molar-refractivity contribution >= 4 is 23.6 Å². The summed E-state index contributed by atoms with van der Waals surface area (Å²) in [5.74, 6) is 2.46. The van der Waals surface area contributed by atoms with Crippen LogP contribution < -0.4 is 20.3 Å². The largest absolute Gasteiger partial charge is 0.508 e. The van der Waals surface area contributed by atoms with E-state index in [1.54, 1.807) is 26.4 Å². The number of phenolic OH excluding ortho intramolecular Hbond substituents is 2. The molecule has 760 valence electrons. The lowest BCUT2D eigenvalue weighted by atomic mass is 9.94. The molecule has 10 saturated heterocycles. The van der Waals surface area contributed by atoms with Gasteiger partial charge in [0.15, 0.2) is 0 Å². The van der Waals surface area contributed by atoms with Crippen molar-refractivity contribution < 1.29 is 38.9 Å². The Labute approximate surface area is 848 Å². The van der Waals surface area contributed by atoms with Crippen LogP contribution in [0.1, 0.15) is 279 Å². The van der Waals surface area contributed by atoms with Gasteiger partial charge in [0.05, 0.1) is 38.4 Å². The maximum absolute atomic E-state index is 13.0. The van der Waals surface area contributed by atoms with Crippen molar-refractivity contribution in [3.63, 3.8) is 0 Å². The highest BCUT2D eigenvalue weighted by Crippen LogP contribution is 2.44. The van der Waals surface area contributed by atoms with Gasteiger partial charge in [-0.1, -0.05) is 160 Å². The van der Waals surface area contributed by atoms with Crippen molar-refractivity contribution in [3.8, 4) is 23.0 Å². The second-order valence-corrected chi connectivity index (χ2v) is 40.8. The van der Waals surface area contributed by atoms with Crippen molar-refractivity contribution in [2.24, 2.45) is 0 Å². The summed E-state index contributed by atoms with van der Waals surface area (Å²) in [4.78, 5) is 76.5. The number of likely N-dealkylation sites (tertiary alicyclic amines) is 2. The number of hydrazine groups is 2. The van der Waals surface area contributed by atoms with Gasteiger partial charge in [0.1, 0.15) is 23.0 Å². The van der Waals surface area contributed by atoms with Crippen molar-refractivity contribution in [3.05, 3.63) is 312 Å². The van der Waals surface area contributed by atoms with Gasteiger partial charge in [-0.3, -0.25) is 69.2 Å². The molecular weight excluding hydrogens is 1770 g/mol. The van der Waals surface area contributed by atoms with E-state index >= 15 is 0 Å². The zero-order valence-corrected chi connectivity index (χ0v) is 86.0. The van der Waals surface area contributed by atoms with Gasteiger partial charge in [-0.2, -0.15) is 0 Å². The molecule has 4 N–H and O–H groups in total. The summed E-state index contributed by atoms with van der Waals surface area (Å²) in [5, 5.41) is 24.7. The quantitative estimate of drug-likeness (QED) is 0.0291. The van der Waals surface area contributed by atoms with E-state index in [1.165, 1.54) is 125 Å². The van der Waals surface area contributed by atoms with Gasteiger partial charge in [-0.15, -0.1) is 26.3 Å². The van der Waals surface area contributed by atoms with Gasteiger partial charge in [-0.25, -0.2) is 10.0 Å². The highest BCUT2D eigenvalue weighted by atomic mass is 16.5. The van der Waals surface area contributed by atoms with Crippen LogP contribution in [0.25, 0.3) is 0 Å². The molecule has 22 nitrogen and oxygen atoms in total. The van der Waals surface area contributed by atoms with Gasteiger partial charge < -0.3 is 29.5 Å². The summed E-state index contributed by atoms with van der Waals surface area (Å²) in [5.41, 5.74) is 18.5. The molecule has 18 rings (SSSR count). The average Bonchev–Trinajstić information content (AvgIpc) is 1.67. The SMILES string of the molecule is C=CCN1C2CCC1CN(C(c1ccc(C(=O)NN3CCCCCC3)cc1)c1cccc(O)c1)CC2.C=CCN1C2CCC1CN(C(c1ccc(C(=O)NN3CCCCCC3)cc1)c1cccc(OC)c1)CC2.C=CCN1C2CCCC1CN(C(c1ccc(C(=O)N(CC)CC)cc1)c1cccc(O)c1)CC2.C=CCN1C2CCCC1CN(C(c1ccc(C(=O)N(CC)CC)cc1)c1cccc(OC)c1)CC2. The van der Waals surface area contributed by atoms with Crippen LogP contribution in [0.3, 0.4) is 0 Å². The van der Waals surface area contributed by atoms with Crippen LogP contribution in [0.15, 0.2) is 245 Å². The molecule has 0 spiro atoms. The fourth-order valence-electron chi connectivity index (χ4n) is 24.8. The highest BCUT2D eigenvalue weighted by Gasteiger charge is 2.44. The number of phenols is 2. The van der Waals surface area contributed by atoms with E-state index in [9.17, 15) is 29.4 Å². The Kier molecular flexibility index (Phi) is 39.3. The van der Waals surface area contributed by atoms with Crippen LogP contribution in [0.2, 0.25) is 0 Å². The van der Waals surface area contributed by atoms with Gasteiger partial charge in [0, 0.05) is 201 Å². The fourth-order valence-corrected chi connectivity index (χ4v) is 24.8. The fraction of sp³-hybridized carbons (Fsp3) is 0.500. The zero-order chi connectivity index (χ0) is 99.4. The number of fused-ring (bicyclic) bond motifs is 8. The topological polar surface area (TPSA) is 190 Å². The molecule has 8 bridgehead atoms. The molecule has 0 saturated carbocycles. The predicted molar refractivity (Wildman–Crippen MR) is 574 cm³/mol. The molecule has 10 fully saturated rings. The van der Waals surface area contributed by atoms with Gasteiger partial charge in [0.25, 0.3) is 23.6 Å². The van der Waals surface area contributed by atoms with Gasteiger partial charge in [-0.05, 0) is 272 Å². The predicted octanol–water partition coefficient (Wildman–Crippen LogP) is 20.2. The zero-order valence-electron chi connectivity index (χ0n) is 86.0. The van der Waals surface area contributed by atoms with Crippen molar-refractivity contribution in [2.45, 2.75) is 241 Å². The molecule has 0 aromatic heterocycles. The number of piperidine rings is 2. The molecule has 10 aliphatic rings. The summed E-state index contributed by atoms with van der Waals surface area (Å²) in [6, 6.07) is 70.0. The number of aromatic hydroxyl groups is 2. The van der Waals surface area contributed by atoms with E-state index in [1.807, 2.05) is 135 Å². The van der Waals surface area contributed by atoms with E-state index < -0.39 is 0 Å². The Morgan fingerprint density at radius 3 is 0.859 bits per heavy atom. The first-order valence-corrected chi connectivity index (χ1v) is 53.8. The van der Waals surface area contributed by atoms with E-state index in [0.717, 1.165) is 201 Å². The number of carbonyl (C=O) groups is 4. The molecule has 12 unspecified atom stereocenters. The van der Waals surface area contributed by atoms with E-state index in [-0.39, 0.29) is 59.3 Å². The Balaban J connectivity index is 0.000000143. The normalized spacial score (nSPS) is 23.1. The van der Waals surface area contributed by atoms with Crippen LogP contribution in [0.5, 0.6) is 23.0 Å². The number of amides is 4. The third-order valence-corrected chi connectivity index (χ3v) is 32.1. The summed E-state index contributed by atoms with van der Waals surface area (Å²) in [7, 11) is 3.45. The van der Waals surface area contributed by atoms with E-state index in [0.29, 0.717) is 72.6 Å². The second-order valence-electron chi connectivity index (χ2n) is 40.8. The Morgan fingerprint density at radius 1 is 0.317 bits per heavy atom. The Hall–Kier alpha value is -10.6. The average molecular weight is 1930 g/mol. The first-order valence-electron chi connectivity index (χ1n) is 53.8. The maximum Gasteiger partial charge on any atom is 0.265 e. The molecule has 0 aliphatic carbocycles. The van der Waals surface area contributed by atoms with Crippen molar-refractivity contribution in [2.75, 3.05) is 145 Å². The van der Waals surface area contributed by atoms with Crippen LogP contribution in [-0.2, 0) is 0 Å². The first-order chi connectivity index (χ1) is 69.4. The number of ether oxygens (including phenoxy) is 2. The first kappa shape index (κ1) is 106. The minimum atomic E-state index is -0.0375. The molecule has 4 amide bonds. The van der Waals surface area contributed by atoms with Crippen LogP contribution in [-0.4, -0.2) is 286 Å². The van der Waals surface area contributed by atoms with E-state index in [4.69, 9.17) is 9.47 Å². The second kappa shape index (κ2) is 52.8. The lowest BCUT2D eigenvalue weighted by Crippen LogP contribution is -2.48. The third kappa shape index (κ3) is 26.9. The molecule has 10 heterocycles. The number of hydrogen-bond donors (Lipinski definition) is 4. The minimum Gasteiger partial charge on any atom is -0.508 e.